The zero-order valence-electron chi connectivity index (χ0n) is 13.4. The predicted octanol–water partition coefficient (Wildman–Crippen LogP) is 3.45. The topological polar surface area (TPSA) is 68.0 Å². The molecule has 0 fully saturated rings. The number of aromatic nitrogens is 2. The Morgan fingerprint density at radius 2 is 2.08 bits per heavy atom. The highest BCUT2D eigenvalue weighted by Gasteiger charge is 2.20. The molecule has 0 saturated carbocycles. The highest BCUT2D eigenvalue weighted by molar-refractivity contribution is 8.00. The maximum absolute atomic E-state index is 12.4. The lowest BCUT2D eigenvalue weighted by Gasteiger charge is -2.12. The molecular formula is C18H19N3O2S. The molecule has 0 bridgehead atoms. The normalized spacial score (nSPS) is 12.2. The number of hydrogen-bond acceptors (Lipinski definition) is 5. The van der Waals surface area contributed by atoms with Gasteiger partial charge in [0.15, 0.2) is 11.2 Å². The van der Waals surface area contributed by atoms with Crippen molar-refractivity contribution in [3.8, 4) is 0 Å². The third kappa shape index (κ3) is 4.14. The standard InChI is InChI=1S/C18H19N3O2S/c1-2-15(17(22)20-12-10-13-7-4-3-5-8-13)24-18-21-16-14(23-18)9-6-11-19-16/h3-9,11,15H,2,10,12H2,1H3,(H,20,22)/t15-/m0/s1. The maximum atomic E-state index is 12.4. The number of carbonyl (C=O) groups is 1. The third-order valence-corrected chi connectivity index (χ3v) is 4.82. The molecule has 1 atom stereocenters. The molecule has 1 aromatic carbocycles. The Bertz CT molecular complexity index is 771. The Balaban J connectivity index is 1.55. The van der Waals surface area contributed by atoms with Crippen molar-refractivity contribution in [2.24, 2.45) is 0 Å². The first kappa shape index (κ1) is 16.5. The van der Waals surface area contributed by atoms with E-state index in [2.05, 4.69) is 27.4 Å². The molecule has 3 rings (SSSR count). The molecule has 0 radical (unpaired) electrons. The molecule has 2 heterocycles. The minimum absolute atomic E-state index is 0.00801. The van der Waals surface area contributed by atoms with Gasteiger partial charge >= 0.3 is 0 Å². The van der Waals surface area contributed by atoms with Crippen molar-refractivity contribution in [3.63, 3.8) is 0 Å². The summed E-state index contributed by atoms with van der Waals surface area (Å²) < 4.78 is 5.63. The summed E-state index contributed by atoms with van der Waals surface area (Å²) >= 11 is 1.34. The van der Waals surface area contributed by atoms with E-state index >= 15 is 0 Å². The molecule has 6 heteroatoms. The molecule has 1 amide bonds. The van der Waals surface area contributed by atoms with E-state index in [0.717, 1.165) is 6.42 Å². The van der Waals surface area contributed by atoms with Gasteiger partial charge in [-0.05, 0) is 30.5 Å². The summed E-state index contributed by atoms with van der Waals surface area (Å²) in [5, 5.41) is 3.24. The van der Waals surface area contributed by atoms with Crippen molar-refractivity contribution in [2.45, 2.75) is 30.2 Å². The first-order chi connectivity index (χ1) is 11.8. The predicted molar refractivity (Wildman–Crippen MR) is 94.9 cm³/mol. The number of carbonyl (C=O) groups excluding carboxylic acids is 1. The molecule has 0 saturated heterocycles. The number of amides is 1. The molecule has 1 N–H and O–H groups in total. The molecule has 0 aliphatic rings. The number of hydrogen-bond donors (Lipinski definition) is 1. The van der Waals surface area contributed by atoms with Crippen LogP contribution in [0.1, 0.15) is 18.9 Å². The van der Waals surface area contributed by atoms with E-state index in [0.29, 0.717) is 29.4 Å². The Morgan fingerprint density at radius 3 is 2.83 bits per heavy atom. The summed E-state index contributed by atoms with van der Waals surface area (Å²) in [5.41, 5.74) is 2.42. The summed E-state index contributed by atoms with van der Waals surface area (Å²) in [6.07, 6.45) is 3.20. The number of benzene rings is 1. The van der Waals surface area contributed by atoms with E-state index in [1.54, 1.807) is 12.3 Å². The SMILES string of the molecule is CC[C@H](Sc1nc2ncccc2o1)C(=O)NCCc1ccccc1. The number of nitrogens with zero attached hydrogens (tertiary/aromatic N) is 2. The van der Waals surface area contributed by atoms with Crippen LogP contribution in [0.2, 0.25) is 0 Å². The second kappa shape index (κ2) is 7.97. The van der Waals surface area contributed by atoms with E-state index < -0.39 is 0 Å². The van der Waals surface area contributed by atoms with Crippen molar-refractivity contribution in [3.05, 3.63) is 54.2 Å². The average molecular weight is 341 g/mol. The van der Waals surface area contributed by atoms with Crippen LogP contribution in [0.4, 0.5) is 0 Å². The quantitative estimate of drug-likeness (QED) is 0.667. The maximum Gasteiger partial charge on any atom is 0.259 e. The van der Waals surface area contributed by atoms with Crippen LogP contribution in [0.15, 0.2) is 58.3 Å². The first-order valence-electron chi connectivity index (χ1n) is 7.96. The van der Waals surface area contributed by atoms with Crippen LogP contribution < -0.4 is 5.32 Å². The molecule has 0 aliphatic heterocycles. The van der Waals surface area contributed by atoms with Gasteiger partial charge in [-0.2, -0.15) is 4.98 Å². The number of nitrogens with one attached hydrogen (secondary N) is 1. The number of oxazole rings is 1. The van der Waals surface area contributed by atoms with Crippen molar-refractivity contribution in [1.29, 1.82) is 0 Å². The van der Waals surface area contributed by atoms with Crippen molar-refractivity contribution in [2.75, 3.05) is 6.54 Å². The Kier molecular flexibility index (Phi) is 5.48. The van der Waals surface area contributed by atoms with Gasteiger partial charge in [-0.1, -0.05) is 49.0 Å². The van der Waals surface area contributed by atoms with E-state index in [-0.39, 0.29) is 11.2 Å². The fraction of sp³-hybridized carbons (Fsp3) is 0.278. The largest absolute Gasteiger partial charge is 0.430 e. The average Bonchev–Trinajstić information content (AvgIpc) is 3.03. The number of fused-ring (bicyclic) bond motifs is 1. The van der Waals surface area contributed by atoms with Crippen LogP contribution in [0.3, 0.4) is 0 Å². The number of thioether (sulfide) groups is 1. The molecule has 3 aromatic rings. The van der Waals surface area contributed by atoms with Gasteiger partial charge < -0.3 is 9.73 Å². The molecular weight excluding hydrogens is 322 g/mol. The minimum Gasteiger partial charge on any atom is -0.430 e. The number of pyridine rings is 1. The molecule has 0 unspecified atom stereocenters. The Hall–Kier alpha value is -2.34. The summed E-state index contributed by atoms with van der Waals surface area (Å²) in [4.78, 5) is 20.8. The lowest BCUT2D eigenvalue weighted by Crippen LogP contribution is -2.33. The van der Waals surface area contributed by atoms with Gasteiger partial charge in [0.25, 0.3) is 5.22 Å². The van der Waals surface area contributed by atoms with Crippen LogP contribution in [0.25, 0.3) is 11.2 Å². The molecule has 0 spiro atoms. The Morgan fingerprint density at radius 1 is 1.25 bits per heavy atom. The highest BCUT2D eigenvalue weighted by Crippen LogP contribution is 2.27. The van der Waals surface area contributed by atoms with Crippen LogP contribution >= 0.6 is 11.8 Å². The highest BCUT2D eigenvalue weighted by atomic mass is 32.2. The van der Waals surface area contributed by atoms with Gasteiger partial charge in [-0.3, -0.25) is 4.79 Å². The fourth-order valence-corrected chi connectivity index (χ4v) is 3.21. The third-order valence-electron chi connectivity index (χ3n) is 3.61. The zero-order valence-corrected chi connectivity index (χ0v) is 14.3. The Labute approximate surface area is 144 Å². The summed E-state index contributed by atoms with van der Waals surface area (Å²) in [7, 11) is 0. The second-order valence-corrected chi connectivity index (χ2v) is 6.50. The minimum atomic E-state index is -0.228. The lowest BCUT2D eigenvalue weighted by atomic mass is 10.1. The smallest absolute Gasteiger partial charge is 0.259 e. The lowest BCUT2D eigenvalue weighted by molar-refractivity contribution is -0.120. The number of rotatable bonds is 7. The van der Waals surface area contributed by atoms with Gasteiger partial charge in [0.05, 0.1) is 5.25 Å². The fourth-order valence-electron chi connectivity index (χ4n) is 2.33. The van der Waals surface area contributed by atoms with Crippen molar-refractivity contribution >= 4 is 28.9 Å². The van der Waals surface area contributed by atoms with Crippen LogP contribution in [0, 0.1) is 0 Å². The van der Waals surface area contributed by atoms with E-state index in [4.69, 9.17) is 4.42 Å². The van der Waals surface area contributed by atoms with E-state index in [1.807, 2.05) is 31.2 Å². The van der Waals surface area contributed by atoms with Gasteiger partial charge in [0.2, 0.25) is 5.91 Å². The van der Waals surface area contributed by atoms with E-state index in [9.17, 15) is 4.79 Å². The second-order valence-electron chi connectivity index (χ2n) is 5.35. The van der Waals surface area contributed by atoms with Crippen LogP contribution in [0.5, 0.6) is 0 Å². The molecule has 5 nitrogen and oxygen atoms in total. The molecule has 0 aliphatic carbocycles. The summed E-state index contributed by atoms with van der Waals surface area (Å²) in [6.45, 7) is 2.60. The van der Waals surface area contributed by atoms with Crippen molar-refractivity contribution in [1.82, 2.24) is 15.3 Å². The van der Waals surface area contributed by atoms with Gasteiger partial charge in [-0.15, -0.1) is 0 Å². The summed E-state index contributed by atoms with van der Waals surface area (Å²) in [5.74, 6) is 0.00801. The molecule has 124 valence electrons. The van der Waals surface area contributed by atoms with Gasteiger partial charge in [0, 0.05) is 12.7 Å². The van der Waals surface area contributed by atoms with Crippen LogP contribution in [-0.4, -0.2) is 27.7 Å². The molecule has 2 aromatic heterocycles. The van der Waals surface area contributed by atoms with Crippen LogP contribution in [-0.2, 0) is 11.2 Å². The van der Waals surface area contributed by atoms with Crippen molar-refractivity contribution < 1.29 is 9.21 Å². The van der Waals surface area contributed by atoms with E-state index in [1.165, 1.54) is 17.3 Å². The van der Waals surface area contributed by atoms with Gasteiger partial charge in [0.1, 0.15) is 0 Å². The van der Waals surface area contributed by atoms with Gasteiger partial charge in [-0.25, -0.2) is 4.98 Å². The first-order valence-corrected chi connectivity index (χ1v) is 8.84. The molecule has 24 heavy (non-hydrogen) atoms. The monoisotopic (exact) mass is 341 g/mol. The summed E-state index contributed by atoms with van der Waals surface area (Å²) in [6, 6.07) is 13.7. The zero-order chi connectivity index (χ0) is 16.8.